The monoisotopic (exact) mass is 367 g/mol. The number of nitrogens with zero attached hydrogens (tertiary/aromatic N) is 2. The summed E-state index contributed by atoms with van der Waals surface area (Å²) in [6.45, 7) is 3.27. The van der Waals surface area contributed by atoms with Crippen LogP contribution >= 0.6 is 11.6 Å². The Morgan fingerprint density at radius 1 is 1.44 bits per heavy atom. The summed E-state index contributed by atoms with van der Waals surface area (Å²) in [7, 11) is 0. The zero-order valence-electron chi connectivity index (χ0n) is 13.3. The molecule has 1 atom stereocenters. The molecule has 10 heteroatoms. The Hall–Kier alpha value is -2.94. The summed E-state index contributed by atoms with van der Waals surface area (Å²) in [5.41, 5.74) is -0.794. The number of carbonyl (C=O) groups is 2. The number of nitro benzene ring substituents is 1. The first-order valence-electron chi connectivity index (χ1n) is 7.21. The summed E-state index contributed by atoms with van der Waals surface area (Å²) < 4.78 is 9.92. The highest BCUT2D eigenvalue weighted by atomic mass is 35.5. The van der Waals surface area contributed by atoms with Crippen molar-refractivity contribution in [3.05, 3.63) is 50.7 Å². The first-order chi connectivity index (χ1) is 11.8. The lowest BCUT2D eigenvalue weighted by Crippen LogP contribution is -2.32. The van der Waals surface area contributed by atoms with Gasteiger partial charge in [0.05, 0.1) is 4.92 Å². The number of rotatable bonds is 6. The molecule has 1 N–H and O–H groups in total. The Morgan fingerprint density at radius 2 is 2.16 bits per heavy atom. The van der Waals surface area contributed by atoms with Crippen LogP contribution in [0.3, 0.4) is 0 Å². The summed E-state index contributed by atoms with van der Waals surface area (Å²) in [4.78, 5) is 34.7. The quantitative estimate of drug-likeness (QED) is 0.472. The van der Waals surface area contributed by atoms with E-state index in [1.165, 1.54) is 12.1 Å². The van der Waals surface area contributed by atoms with Gasteiger partial charge in [-0.2, -0.15) is 0 Å². The fourth-order valence-electron chi connectivity index (χ4n) is 1.98. The standard InChI is InChI=1S/C15H14ClN3O6/c1-3-12(14(20)17-13-6-8(2)25-18-13)24-15(21)10-7-9(16)4-5-11(10)19(22)23/h4-7,12H,3H2,1-2H3,(H,17,18,20)/t12-/m0/s1. The molecule has 1 aromatic heterocycles. The van der Waals surface area contributed by atoms with Crippen LogP contribution in [0.15, 0.2) is 28.8 Å². The van der Waals surface area contributed by atoms with E-state index < -0.39 is 28.6 Å². The molecule has 0 radical (unpaired) electrons. The maximum absolute atomic E-state index is 12.3. The van der Waals surface area contributed by atoms with E-state index in [2.05, 4.69) is 10.5 Å². The fraction of sp³-hybridized carbons (Fsp3) is 0.267. The van der Waals surface area contributed by atoms with Crippen LogP contribution < -0.4 is 5.32 Å². The van der Waals surface area contributed by atoms with Crippen molar-refractivity contribution >= 4 is 35.0 Å². The highest BCUT2D eigenvalue weighted by Crippen LogP contribution is 2.24. The molecule has 0 spiro atoms. The van der Waals surface area contributed by atoms with Crippen LogP contribution in [0.5, 0.6) is 0 Å². The number of esters is 1. The predicted octanol–water partition coefficient (Wildman–Crippen LogP) is 3.12. The highest BCUT2D eigenvalue weighted by molar-refractivity contribution is 6.31. The van der Waals surface area contributed by atoms with Crippen LogP contribution in [0.2, 0.25) is 5.02 Å². The predicted molar refractivity (Wildman–Crippen MR) is 87.5 cm³/mol. The number of nitro groups is 1. The number of amides is 1. The second kappa shape index (κ2) is 7.75. The van der Waals surface area contributed by atoms with Gasteiger partial charge in [-0.1, -0.05) is 23.7 Å². The molecule has 2 rings (SSSR count). The maximum atomic E-state index is 12.3. The topological polar surface area (TPSA) is 125 Å². The van der Waals surface area contributed by atoms with Gasteiger partial charge in [0.25, 0.3) is 11.6 Å². The van der Waals surface area contributed by atoms with E-state index in [1.54, 1.807) is 13.8 Å². The van der Waals surface area contributed by atoms with Gasteiger partial charge in [0.2, 0.25) is 0 Å². The molecule has 0 fully saturated rings. The van der Waals surface area contributed by atoms with Crippen molar-refractivity contribution < 1.29 is 23.8 Å². The second-order valence-electron chi connectivity index (χ2n) is 5.03. The van der Waals surface area contributed by atoms with E-state index >= 15 is 0 Å². The van der Waals surface area contributed by atoms with Crippen molar-refractivity contribution in [1.82, 2.24) is 5.16 Å². The van der Waals surface area contributed by atoms with Crippen molar-refractivity contribution in [2.45, 2.75) is 26.4 Å². The van der Waals surface area contributed by atoms with Crippen molar-refractivity contribution in [2.75, 3.05) is 5.32 Å². The van der Waals surface area contributed by atoms with Crippen LogP contribution in [0.1, 0.15) is 29.5 Å². The van der Waals surface area contributed by atoms with Gasteiger partial charge in [-0.3, -0.25) is 14.9 Å². The summed E-state index contributed by atoms with van der Waals surface area (Å²) in [6, 6.07) is 4.99. The Morgan fingerprint density at radius 3 is 2.72 bits per heavy atom. The molecule has 0 unspecified atom stereocenters. The van der Waals surface area contributed by atoms with Crippen molar-refractivity contribution in [3.63, 3.8) is 0 Å². The first kappa shape index (κ1) is 18.4. The maximum Gasteiger partial charge on any atom is 0.346 e. The number of nitrogens with one attached hydrogen (secondary N) is 1. The van der Waals surface area contributed by atoms with Crippen molar-refractivity contribution in [3.8, 4) is 0 Å². The van der Waals surface area contributed by atoms with E-state index in [9.17, 15) is 19.7 Å². The lowest BCUT2D eigenvalue weighted by atomic mass is 10.1. The van der Waals surface area contributed by atoms with Gasteiger partial charge in [-0.25, -0.2) is 4.79 Å². The fourth-order valence-corrected chi connectivity index (χ4v) is 2.15. The van der Waals surface area contributed by atoms with E-state index in [0.29, 0.717) is 5.76 Å². The number of ether oxygens (including phenoxy) is 1. The molecule has 0 aliphatic carbocycles. The average molecular weight is 368 g/mol. The molecule has 9 nitrogen and oxygen atoms in total. The SMILES string of the molecule is CC[C@H](OC(=O)c1cc(Cl)ccc1[N+](=O)[O-])C(=O)Nc1cc(C)on1. The van der Waals surface area contributed by atoms with E-state index in [4.69, 9.17) is 20.9 Å². The van der Waals surface area contributed by atoms with Crippen LogP contribution in [0, 0.1) is 17.0 Å². The van der Waals surface area contributed by atoms with Crippen molar-refractivity contribution in [2.24, 2.45) is 0 Å². The van der Waals surface area contributed by atoms with E-state index in [0.717, 1.165) is 12.1 Å². The molecule has 0 aliphatic rings. The third-order valence-electron chi connectivity index (χ3n) is 3.17. The molecular weight excluding hydrogens is 354 g/mol. The molecule has 2 aromatic rings. The molecule has 1 aromatic carbocycles. The van der Waals surface area contributed by atoms with Gasteiger partial charge in [-0.15, -0.1) is 0 Å². The minimum atomic E-state index is -1.16. The Labute approximate surface area is 147 Å². The number of hydrogen-bond donors (Lipinski definition) is 1. The Kier molecular flexibility index (Phi) is 5.71. The second-order valence-corrected chi connectivity index (χ2v) is 5.47. The summed E-state index contributed by atoms with van der Waals surface area (Å²) in [6.07, 6.45) is -1.01. The van der Waals surface area contributed by atoms with Gasteiger partial charge < -0.3 is 14.6 Å². The number of aryl methyl sites for hydroxylation is 1. The van der Waals surface area contributed by atoms with Gasteiger partial charge in [0.1, 0.15) is 11.3 Å². The normalized spacial score (nSPS) is 11.6. The number of carbonyl (C=O) groups excluding carboxylic acids is 2. The Balaban J connectivity index is 2.15. The molecule has 1 heterocycles. The van der Waals surface area contributed by atoms with Crippen LogP contribution in [0.25, 0.3) is 0 Å². The molecule has 0 saturated carbocycles. The van der Waals surface area contributed by atoms with E-state index in [-0.39, 0.29) is 22.8 Å². The molecule has 0 bridgehead atoms. The lowest BCUT2D eigenvalue weighted by Gasteiger charge is -2.15. The summed E-state index contributed by atoms with van der Waals surface area (Å²) in [5, 5.41) is 17.2. The zero-order valence-corrected chi connectivity index (χ0v) is 14.1. The number of benzene rings is 1. The molecule has 0 aliphatic heterocycles. The Bertz CT molecular complexity index is 819. The minimum Gasteiger partial charge on any atom is -0.448 e. The molecule has 1 amide bonds. The minimum absolute atomic E-state index is 0.133. The van der Waals surface area contributed by atoms with Crippen LogP contribution in [-0.4, -0.2) is 28.1 Å². The number of aromatic nitrogens is 1. The largest absolute Gasteiger partial charge is 0.448 e. The summed E-state index contributed by atoms with van der Waals surface area (Å²) in [5.74, 6) is -0.984. The average Bonchev–Trinajstić information content (AvgIpc) is 2.96. The number of hydrogen-bond acceptors (Lipinski definition) is 7. The molecular formula is C15H14ClN3O6. The zero-order chi connectivity index (χ0) is 18.6. The van der Waals surface area contributed by atoms with Gasteiger partial charge in [0, 0.05) is 17.2 Å². The van der Waals surface area contributed by atoms with Gasteiger partial charge in [0.15, 0.2) is 11.9 Å². The van der Waals surface area contributed by atoms with Crippen molar-refractivity contribution in [1.29, 1.82) is 0 Å². The number of halogens is 1. The molecule has 0 saturated heterocycles. The number of anilines is 1. The third kappa shape index (κ3) is 4.54. The third-order valence-corrected chi connectivity index (χ3v) is 3.40. The summed E-state index contributed by atoms with van der Waals surface area (Å²) >= 11 is 5.78. The van der Waals surface area contributed by atoms with Crippen LogP contribution in [0.4, 0.5) is 11.5 Å². The highest BCUT2D eigenvalue weighted by Gasteiger charge is 2.27. The van der Waals surface area contributed by atoms with E-state index in [1.807, 2.05) is 0 Å². The first-order valence-corrected chi connectivity index (χ1v) is 7.58. The molecule has 25 heavy (non-hydrogen) atoms. The molecule has 132 valence electrons. The smallest absolute Gasteiger partial charge is 0.346 e. The van der Waals surface area contributed by atoms with Gasteiger partial charge >= 0.3 is 5.97 Å². The van der Waals surface area contributed by atoms with Crippen LogP contribution in [-0.2, 0) is 9.53 Å². The lowest BCUT2D eigenvalue weighted by molar-refractivity contribution is -0.385. The van der Waals surface area contributed by atoms with Gasteiger partial charge in [-0.05, 0) is 25.5 Å².